The molecule has 2 nitrogen and oxygen atoms in total. The molecular weight excluding hydrogens is 242 g/mol. The number of hydrogen-bond acceptors (Lipinski definition) is 3. The molecule has 0 radical (unpaired) electrons. The first kappa shape index (κ1) is 12.8. The van der Waals surface area contributed by atoms with E-state index in [0.717, 1.165) is 16.0 Å². The Morgan fingerprint density at radius 1 is 1.00 bits per heavy atom. The second-order valence-electron chi connectivity index (χ2n) is 4.32. The summed E-state index contributed by atoms with van der Waals surface area (Å²) in [5.74, 6) is 0. The van der Waals surface area contributed by atoms with Gasteiger partial charge in [0, 0.05) is 9.79 Å². The molecule has 2 aromatic rings. The zero-order valence-corrected chi connectivity index (χ0v) is 11.5. The monoisotopic (exact) mass is 257 g/mol. The maximum Gasteiger partial charge on any atom is 0.114 e. The average molecular weight is 257 g/mol. The molecule has 0 fully saturated rings. The molecule has 0 spiro atoms. The minimum atomic E-state index is 0.569. The van der Waals surface area contributed by atoms with E-state index in [-0.39, 0.29) is 0 Å². The standard InChI is InChI=1S/C15H15NOS/c1-10-9-11(2)15(12(3)14(10)16-17)18-13-7-5-4-6-8-13/h4-9H,1-3H3. The molecule has 2 rings (SSSR count). The third-order valence-electron chi connectivity index (χ3n) is 2.91. The molecule has 0 atom stereocenters. The van der Waals surface area contributed by atoms with Crippen molar-refractivity contribution in [2.45, 2.75) is 30.6 Å². The highest BCUT2D eigenvalue weighted by molar-refractivity contribution is 7.99. The highest BCUT2D eigenvalue weighted by Gasteiger charge is 2.12. The van der Waals surface area contributed by atoms with Gasteiger partial charge in [0.25, 0.3) is 0 Å². The van der Waals surface area contributed by atoms with Crippen LogP contribution in [0.25, 0.3) is 0 Å². The highest BCUT2D eigenvalue weighted by Crippen LogP contribution is 2.38. The van der Waals surface area contributed by atoms with Crippen molar-refractivity contribution in [3.8, 4) is 0 Å². The van der Waals surface area contributed by atoms with Crippen molar-refractivity contribution in [1.82, 2.24) is 0 Å². The molecule has 0 aromatic heterocycles. The van der Waals surface area contributed by atoms with Crippen LogP contribution >= 0.6 is 11.8 Å². The summed E-state index contributed by atoms with van der Waals surface area (Å²) in [5, 5.41) is 3.15. The normalized spacial score (nSPS) is 10.4. The zero-order valence-electron chi connectivity index (χ0n) is 10.7. The molecule has 0 aliphatic carbocycles. The summed E-state index contributed by atoms with van der Waals surface area (Å²) in [4.78, 5) is 13.2. The van der Waals surface area contributed by atoms with E-state index in [0.29, 0.717) is 5.69 Å². The quantitative estimate of drug-likeness (QED) is 0.711. The maximum atomic E-state index is 10.9. The van der Waals surface area contributed by atoms with Crippen LogP contribution in [0.2, 0.25) is 0 Å². The van der Waals surface area contributed by atoms with Crippen molar-refractivity contribution < 1.29 is 0 Å². The Morgan fingerprint density at radius 3 is 2.28 bits per heavy atom. The van der Waals surface area contributed by atoms with E-state index in [1.54, 1.807) is 11.8 Å². The van der Waals surface area contributed by atoms with Crippen molar-refractivity contribution in [1.29, 1.82) is 0 Å². The second kappa shape index (κ2) is 5.36. The van der Waals surface area contributed by atoms with Gasteiger partial charge in [0.15, 0.2) is 0 Å². The SMILES string of the molecule is Cc1cc(C)c(Sc2ccccc2)c(C)c1N=O. The fourth-order valence-electron chi connectivity index (χ4n) is 2.06. The summed E-state index contributed by atoms with van der Waals surface area (Å²) in [6, 6.07) is 12.2. The Labute approximate surface area is 111 Å². The van der Waals surface area contributed by atoms with Crippen molar-refractivity contribution in [2.75, 3.05) is 0 Å². The van der Waals surface area contributed by atoms with Gasteiger partial charge in [-0.15, -0.1) is 4.91 Å². The third-order valence-corrected chi connectivity index (χ3v) is 4.26. The van der Waals surface area contributed by atoms with Crippen molar-refractivity contribution in [2.24, 2.45) is 5.18 Å². The molecular formula is C15H15NOS. The molecule has 3 heteroatoms. The Morgan fingerprint density at radius 2 is 1.67 bits per heavy atom. The van der Waals surface area contributed by atoms with E-state index in [2.05, 4.69) is 24.2 Å². The number of rotatable bonds is 3. The molecule has 0 aliphatic heterocycles. The van der Waals surface area contributed by atoms with Crippen LogP contribution in [0.3, 0.4) is 0 Å². The van der Waals surface area contributed by atoms with Gasteiger partial charge in [-0.05, 0) is 54.8 Å². The summed E-state index contributed by atoms with van der Waals surface area (Å²) in [7, 11) is 0. The summed E-state index contributed by atoms with van der Waals surface area (Å²) >= 11 is 1.68. The summed E-state index contributed by atoms with van der Waals surface area (Å²) in [5.41, 5.74) is 3.67. The lowest BCUT2D eigenvalue weighted by atomic mass is 10.1. The second-order valence-corrected chi connectivity index (χ2v) is 5.40. The molecule has 0 N–H and O–H groups in total. The summed E-state index contributed by atoms with van der Waals surface area (Å²) in [6.07, 6.45) is 0. The van der Waals surface area contributed by atoms with Crippen molar-refractivity contribution in [3.05, 3.63) is 58.0 Å². The lowest BCUT2D eigenvalue weighted by Gasteiger charge is -2.12. The topological polar surface area (TPSA) is 29.4 Å². The van der Waals surface area contributed by atoms with Gasteiger partial charge in [0.1, 0.15) is 5.69 Å². The Balaban J connectivity index is 2.48. The molecule has 0 bridgehead atoms. The molecule has 0 amide bonds. The van der Waals surface area contributed by atoms with Gasteiger partial charge in [-0.25, -0.2) is 0 Å². The number of nitrogens with zero attached hydrogens (tertiary/aromatic N) is 1. The molecule has 0 saturated carbocycles. The average Bonchev–Trinajstić information content (AvgIpc) is 2.36. The molecule has 0 saturated heterocycles. The van der Waals surface area contributed by atoms with E-state index in [1.165, 1.54) is 10.5 Å². The highest BCUT2D eigenvalue weighted by atomic mass is 32.2. The third kappa shape index (κ3) is 2.46. The van der Waals surface area contributed by atoms with Gasteiger partial charge in [-0.2, -0.15) is 0 Å². The zero-order chi connectivity index (χ0) is 13.1. The predicted octanol–water partition coefficient (Wildman–Crippen LogP) is 5.16. The van der Waals surface area contributed by atoms with Gasteiger partial charge in [-0.3, -0.25) is 0 Å². The minimum Gasteiger partial charge on any atom is -0.145 e. The van der Waals surface area contributed by atoms with Crippen LogP contribution in [0.1, 0.15) is 16.7 Å². The molecule has 0 unspecified atom stereocenters. The number of nitroso groups, excluding NO2 is 1. The predicted molar refractivity (Wildman–Crippen MR) is 76.7 cm³/mol. The smallest absolute Gasteiger partial charge is 0.114 e. The van der Waals surface area contributed by atoms with Gasteiger partial charge >= 0.3 is 0 Å². The summed E-state index contributed by atoms with van der Waals surface area (Å²) < 4.78 is 0. The molecule has 0 aliphatic rings. The van der Waals surface area contributed by atoms with Crippen LogP contribution in [-0.2, 0) is 0 Å². The lowest BCUT2D eigenvalue weighted by molar-refractivity contribution is 1.17. The van der Waals surface area contributed by atoms with Gasteiger partial charge in [0.05, 0.1) is 0 Å². The Bertz CT molecular complexity index is 579. The molecule has 0 heterocycles. The first-order chi connectivity index (χ1) is 8.63. The maximum absolute atomic E-state index is 10.9. The van der Waals surface area contributed by atoms with E-state index in [4.69, 9.17) is 0 Å². The largest absolute Gasteiger partial charge is 0.145 e. The van der Waals surface area contributed by atoms with Gasteiger partial charge in [0.2, 0.25) is 0 Å². The van der Waals surface area contributed by atoms with Crippen molar-refractivity contribution >= 4 is 17.4 Å². The summed E-state index contributed by atoms with van der Waals surface area (Å²) in [6.45, 7) is 5.95. The van der Waals surface area contributed by atoms with Crippen LogP contribution in [0.4, 0.5) is 5.69 Å². The number of hydrogen-bond donors (Lipinski definition) is 0. The van der Waals surface area contributed by atoms with E-state index in [9.17, 15) is 4.91 Å². The van der Waals surface area contributed by atoms with E-state index in [1.807, 2.05) is 38.1 Å². The van der Waals surface area contributed by atoms with Crippen molar-refractivity contribution in [3.63, 3.8) is 0 Å². The van der Waals surface area contributed by atoms with Crippen LogP contribution in [0, 0.1) is 25.7 Å². The number of aryl methyl sites for hydroxylation is 2. The first-order valence-electron chi connectivity index (χ1n) is 5.80. The fourth-order valence-corrected chi connectivity index (χ4v) is 3.06. The van der Waals surface area contributed by atoms with Crippen LogP contribution < -0.4 is 0 Å². The lowest BCUT2D eigenvalue weighted by Crippen LogP contribution is -1.89. The Kier molecular flexibility index (Phi) is 3.82. The molecule has 2 aromatic carbocycles. The van der Waals surface area contributed by atoms with E-state index >= 15 is 0 Å². The van der Waals surface area contributed by atoms with Crippen LogP contribution in [0.5, 0.6) is 0 Å². The van der Waals surface area contributed by atoms with Crippen LogP contribution in [0.15, 0.2) is 51.4 Å². The Hall–Kier alpha value is -1.61. The molecule has 92 valence electrons. The number of benzene rings is 2. The van der Waals surface area contributed by atoms with E-state index < -0.39 is 0 Å². The minimum absolute atomic E-state index is 0.569. The first-order valence-corrected chi connectivity index (χ1v) is 6.62. The fraction of sp³-hybridized carbons (Fsp3) is 0.200. The van der Waals surface area contributed by atoms with Gasteiger partial charge in [-0.1, -0.05) is 36.0 Å². The van der Waals surface area contributed by atoms with Gasteiger partial charge < -0.3 is 0 Å². The van der Waals surface area contributed by atoms with Crippen LogP contribution in [-0.4, -0.2) is 0 Å². The molecule has 18 heavy (non-hydrogen) atoms.